The minimum atomic E-state index is -1.06. The van der Waals surface area contributed by atoms with E-state index >= 15 is 0 Å². The molecule has 63 heavy (non-hydrogen) atoms. The zero-order valence-electron chi connectivity index (χ0n) is 42.0. The highest BCUT2D eigenvalue weighted by atomic mass is 16.6. The maximum absolute atomic E-state index is 13.4. The molecule has 0 aliphatic heterocycles. The van der Waals surface area contributed by atoms with Crippen LogP contribution in [0.1, 0.15) is 284 Å². The van der Waals surface area contributed by atoms with Crippen molar-refractivity contribution in [2.75, 3.05) is 13.2 Å². The van der Waals surface area contributed by atoms with Gasteiger partial charge in [0.25, 0.3) is 0 Å². The number of hydrogen-bond acceptors (Lipinski definition) is 6. The lowest BCUT2D eigenvalue weighted by atomic mass is 9.89. The number of Topliss-reactive ketones (excluding diaryl/α,β-unsaturated/α-hetero) is 1. The third kappa shape index (κ3) is 47.6. The molecule has 0 rings (SSSR count). The minimum Gasteiger partial charge on any atom is -0.463 e. The first-order valence-electron chi connectivity index (χ1n) is 27.4. The van der Waals surface area contributed by atoms with Crippen molar-refractivity contribution < 1.29 is 29.0 Å². The van der Waals surface area contributed by atoms with Crippen LogP contribution < -0.4 is 0 Å². The standard InChI is InChI=1S/C57H104O6/c1-4-7-10-13-16-19-22-25-27-29-32-35-38-41-44-47-55(59)53(46-43-40-37-34-31-24-21-18-15-12-9-6-3)49-50-57(61)63-52-54(58)51-62-56(60)48-45-42-39-36-33-30-28-26-23-20-17-14-11-8-5-2/h25-28,31,34,53-54,58H,4-24,29-30,32-33,35-52H2,1-3H3. The molecule has 0 heterocycles. The van der Waals surface area contributed by atoms with Gasteiger partial charge in [0.1, 0.15) is 25.1 Å². The first-order valence-corrected chi connectivity index (χ1v) is 27.4. The van der Waals surface area contributed by atoms with Gasteiger partial charge in [0.2, 0.25) is 0 Å². The predicted molar refractivity (Wildman–Crippen MR) is 270 cm³/mol. The summed E-state index contributed by atoms with van der Waals surface area (Å²) >= 11 is 0. The molecule has 0 amide bonds. The number of ketones is 1. The van der Waals surface area contributed by atoms with Crippen LogP contribution in [0.2, 0.25) is 0 Å². The Bertz CT molecular complexity index is 1080. The molecule has 6 nitrogen and oxygen atoms in total. The van der Waals surface area contributed by atoms with E-state index in [1.54, 1.807) is 0 Å². The van der Waals surface area contributed by atoms with Crippen molar-refractivity contribution in [3.05, 3.63) is 36.5 Å². The molecule has 368 valence electrons. The number of esters is 2. The Morgan fingerprint density at radius 2 is 0.667 bits per heavy atom. The summed E-state index contributed by atoms with van der Waals surface area (Å²) in [5.74, 6) is -0.592. The van der Waals surface area contributed by atoms with E-state index in [1.165, 1.54) is 154 Å². The summed E-state index contributed by atoms with van der Waals surface area (Å²) in [4.78, 5) is 38.3. The largest absolute Gasteiger partial charge is 0.463 e. The zero-order chi connectivity index (χ0) is 45.9. The lowest BCUT2D eigenvalue weighted by Gasteiger charge is -2.16. The Kier molecular flexibility index (Phi) is 49.0. The number of allylic oxidation sites excluding steroid dienone is 6. The van der Waals surface area contributed by atoms with Gasteiger partial charge in [-0.3, -0.25) is 14.4 Å². The van der Waals surface area contributed by atoms with Gasteiger partial charge < -0.3 is 14.6 Å². The Morgan fingerprint density at radius 1 is 0.365 bits per heavy atom. The van der Waals surface area contributed by atoms with Crippen molar-refractivity contribution in [2.24, 2.45) is 5.92 Å². The first kappa shape index (κ1) is 60.8. The Hall–Kier alpha value is -2.21. The highest BCUT2D eigenvalue weighted by molar-refractivity contribution is 5.81. The number of rotatable bonds is 50. The summed E-state index contributed by atoms with van der Waals surface area (Å²) < 4.78 is 10.6. The molecule has 0 fully saturated rings. The Morgan fingerprint density at radius 3 is 1.05 bits per heavy atom. The quantitative estimate of drug-likeness (QED) is 0.0372. The van der Waals surface area contributed by atoms with Crippen LogP contribution in [-0.2, 0) is 23.9 Å². The highest BCUT2D eigenvalue weighted by Gasteiger charge is 2.20. The number of unbranched alkanes of at least 4 members (excludes halogenated alkanes) is 30. The van der Waals surface area contributed by atoms with Gasteiger partial charge in [-0.15, -0.1) is 0 Å². The van der Waals surface area contributed by atoms with Gasteiger partial charge in [-0.1, -0.05) is 198 Å². The highest BCUT2D eigenvalue weighted by Crippen LogP contribution is 2.22. The number of aliphatic hydroxyl groups is 1. The molecule has 6 heteroatoms. The van der Waals surface area contributed by atoms with E-state index in [1.807, 2.05) is 0 Å². The smallest absolute Gasteiger partial charge is 0.305 e. The van der Waals surface area contributed by atoms with Gasteiger partial charge in [-0.2, -0.15) is 0 Å². The Balaban J connectivity index is 4.36. The zero-order valence-corrected chi connectivity index (χ0v) is 42.0. The predicted octanol–water partition coefficient (Wildman–Crippen LogP) is 17.3. The normalized spacial score (nSPS) is 12.8. The minimum absolute atomic E-state index is 0.135. The molecule has 0 radical (unpaired) electrons. The summed E-state index contributed by atoms with van der Waals surface area (Å²) in [6.07, 6.45) is 59.1. The topological polar surface area (TPSA) is 89.9 Å². The molecule has 0 saturated carbocycles. The molecule has 0 spiro atoms. The first-order chi connectivity index (χ1) is 30.9. The van der Waals surface area contributed by atoms with E-state index in [4.69, 9.17) is 9.47 Å². The fourth-order valence-electron chi connectivity index (χ4n) is 8.17. The van der Waals surface area contributed by atoms with E-state index in [0.29, 0.717) is 19.3 Å². The summed E-state index contributed by atoms with van der Waals surface area (Å²) in [6, 6.07) is 0. The Labute approximate surface area is 391 Å². The summed E-state index contributed by atoms with van der Waals surface area (Å²) in [7, 11) is 0. The van der Waals surface area contributed by atoms with Gasteiger partial charge in [-0.05, 0) is 103 Å². The molecule has 0 aromatic carbocycles. The van der Waals surface area contributed by atoms with E-state index < -0.39 is 12.1 Å². The van der Waals surface area contributed by atoms with Gasteiger partial charge in [0, 0.05) is 25.2 Å². The average Bonchev–Trinajstić information content (AvgIpc) is 3.28. The maximum atomic E-state index is 13.4. The second-order valence-corrected chi connectivity index (χ2v) is 18.7. The second kappa shape index (κ2) is 50.8. The van der Waals surface area contributed by atoms with E-state index in [0.717, 1.165) is 83.5 Å². The van der Waals surface area contributed by atoms with Gasteiger partial charge in [0.05, 0.1) is 0 Å². The average molecular weight is 885 g/mol. The lowest BCUT2D eigenvalue weighted by Crippen LogP contribution is -2.25. The molecule has 1 N–H and O–H groups in total. The third-order valence-electron chi connectivity index (χ3n) is 12.4. The van der Waals surface area contributed by atoms with E-state index in [2.05, 4.69) is 57.2 Å². The van der Waals surface area contributed by atoms with Crippen LogP contribution in [0.15, 0.2) is 36.5 Å². The fourth-order valence-corrected chi connectivity index (χ4v) is 8.17. The van der Waals surface area contributed by atoms with Crippen LogP contribution in [0.4, 0.5) is 0 Å². The van der Waals surface area contributed by atoms with Crippen LogP contribution >= 0.6 is 0 Å². The lowest BCUT2D eigenvalue weighted by molar-refractivity contribution is -0.152. The molecular weight excluding hydrogens is 781 g/mol. The van der Waals surface area contributed by atoms with E-state index in [9.17, 15) is 19.5 Å². The van der Waals surface area contributed by atoms with Crippen LogP contribution in [0, 0.1) is 5.92 Å². The van der Waals surface area contributed by atoms with Crippen molar-refractivity contribution >= 4 is 17.7 Å². The van der Waals surface area contributed by atoms with Gasteiger partial charge in [0.15, 0.2) is 0 Å². The molecule has 0 aliphatic carbocycles. The van der Waals surface area contributed by atoms with Crippen LogP contribution in [0.5, 0.6) is 0 Å². The van der Waals surface area contributed by atoms with E-state index in [-0.39, 0.29) is 37.3 Å². The molecule has 0 aliphatic rings. The molecule has 2 unspecified atom stereocenters. The summed E-state index contributed by atoms with van der Waals surface area (Å²) in [5, 5.41) is 10.3. The number of hydrogen-bond donors (Lipinski definition) is 1. The van der Waals surface area contributed by atoms with Crippen molar-refractivity contribution in [1.82, 2.24) is 0 Å². The number of carbonyl (C=O) groups excluding carboxylic acids is 3. The molecule has 0 saturated heterocycles. The SMILES string of the molecule is CCCCCCCCC=CCCCCCCCC(=O)OCC(O)COC(=O)CCC(CCCCC=CCCCCCCCC)C(=O)CCCCCCCC=CCCCCCCCC. The van der Waals surface area contributed by atoms with Crippen molar-refractivity contribution in [3.8, 4) is 0 Å². The second-order valence-electron chi connectivity index (χ2n) is 18.7. The van der Waals surface area contributed by atoms with Gasteiger partial charge in [-0.25, -0.2) is 0 Å². The van der Waals surface area contributed by atoms with Crippen molar-refractivity contribution in [2.45, 2.75) is 290 Å². The molecule has 0 aromatic rings. The third-order valence-corrected chi connectivity index (χ3v) is 12.4. The molecule has 2 atom stereocenters. The van der Waals surface area contributed by atoms with Crippen LogP contribution in [0.25, 0.3) is 0 Å². The fraction of sp³-hybridized carbons (Fsp3) is 0.842. The van der Waals surface area contributed by atoms with Crippen molar-refractivity contribution in [3.63, 3.8) is 0 Å². The van der Waals surface area contributed by atoms with Gasteiger partial charge >= 0.3 is 11.9 Å². The van der Waals surface area contributed by atoms with Crippen LogP contribution in [0.3, 0.4) is 0 Å². The van der Waals surface area contributed by atoms with Crippen molar-refractivity contribution in [1.29, 1.82) is 0 Å². The molecular formula is C57H104O6. The number of carbonyl (C=O) groups is 3. The maximum Gasteiger partial charge on any atom is 0.305 e. The van der Waals surface area contributed by atoms with Crippen LogP contribution in [-0.4, -0.2) is 42.1 Å². The molecule has 0 aromatic heterocycles. The molecule has 0 bridgehead atoms. The number of ether oxygens (including phenoxy) is 2. The summed E-state index contributed by atoms with van der Waals surface area (Å²) in [6.45, 7) is 6.39. The number of aliphatic hydroxyl groups excluding tert-OH is 1. The summed E-state index contributed by atoms with van der Waals surface area (Å²) in [5.41, 5.74) is 0. The monoisotopic (exact) mass is 885 g/mol.